The van der Waals surface area contributed by atoms with E-state index in [2.05, 4.69) is 15.4 Å². The van der Waals surface area contributed by atoms with E-state index in [1.165, 1.54) is 6.07 Å². The van der Waals surface area contributed by atoms with Gasteiger partial charge in [-0.25, -0.2) is 8.42 Å². The first-order valence-corrected chi connectivity index (χ1v) is 10.2. The van der Waals surface area contributed by atoms with Gasteiger partial charge in [-0.2, -0.15) is 15.6 Å². The SMILES string of the molecule is CC1CN(c2ccc(S(=O)(=O)C(C)C)c(NN=C(C#N)C#N)c2)CC(C)O1. The number of anilines is 2. The maximum Gasteiger partial charge on any atom is 0.237 e. The van der Waals surface area contributed by atoms with Crippen LogP contribution in [-0.2, 0) is 14.6 Å². The molecule has 27 heavy (non-hydrogen) atoms. The molecular formula is C18H23N5O3S. The number of hydrazone groups is 1. The number of hydrogen-bond acceptors (Lipinski definition) is 8. The molecule has 1 N–H and O–H groups in total. The standard InChI is InChI=1S/C18H23N5O3S/c1-12(2)27(24,25)18-6-5-16(23-10-13(3)26-14(4)11-23)7-17(18)22-21-15(8-19)9-20/h5-7,12-14,22H,10-11H2,1-4H3. The molecule has 2 rings (SSSR count). The van der Waals surface area contributed by atoms with Gasteiger partial charge in [0.2, 0.25) is 5.71 Å². The zero-order valence-corrected chi connectivity index (χ0v) is 16.6. The first kappa shape index (κ1) is 20.7. The maximum atomic E-state index is 12.7. The van der Waals surface area contributed by atoms with Gasteiger partial charge >= 0.3 is 0 Å². The molecular weight excluding hydrogens is 366 g/mol. The number of sulfone groups is 1. The van der Waals surface area contributed by atoms with E-state index in [-0.39, 0.29) is 28.5 Å². The number of nitrogens with one attached hydrogen (secondary N) is 1. The van der Waals surface area contributed by atoms with Gasteiger partial charge in [0.25, 0.3) is 0 Å². The lowest BCUT2D eigenvalue weighted by Gasteiger charge is -2.37. The van der Waals surface area contributed by atoms with Crippen molar-refractivity contribution < 1.29 is 13.2 Å². The average molecular weight is 389 g/mol. The first-order valence-electron chi connectivity index (χ1n) is 8.61. The Labute approximate surface area is 160 Å². The molecule has 1 aromatic rings. The van der Waals surface area contributed by atoms with Crippen molar-refractivity contribution in [2.24, 2.45) is 5.10 Å². The van der Waals surface area contributed by atoms with Crippen LogP contribution in [0.2, 0.25) is 0 Å². The van der Waals surface area contributed by atoms with Gasteiger partial charge in [0, 0.05) is 18.8 Å². The molecule has 1 heterocycles. The average Bonchev–Trinajstić information content (AvgIpc) is 2.61. The largest absolute Gasteiger partial charge is 0.372 e. The summed E-state index contributed by atoms with van der Waals surface area (Å²) in [7, 11) is -3.58. The molecule has 0 radical (unpaired) electrons. The second kappa shape index (κ2) is 8.38. The van der Waals surface area contributed by atoms with E-state index >= 15 is 0 Å². The van der Waals surface area contributed by atoms with Crippen molar-refractivity contribution in [3.8, 4) is 12.1 Å². The van der Waals surface area contributed by atoms with Gasteiger partial charge in [0.15, 0.2) is 9.84 Å². The van der Waals surface area contributed by atoms with Gasteiger partial charge in [-0.05, 0) is 45.9 Å². The van der Waals surface area contributed by atoms with Crippen LogP contribution in [0.1, 0.15) is 27.7 Å². The molecule has 1 aromatic carbocycles. The zero-order valence-electron chi connectivity index (χ0n) is 15.8. The lowest BCUT2D eigenvalue weighted by Crippen LogP contribution is -2.45. The van der Waals surface area contributed by atoms with Crippen LogP contribution in [-0.4, -0.2) is 44.7 Å². The summed E-state index contributed by atoms with van der Waals surface area (Å²) in [4.78, 5) is 2.18. The second-order valence-corrected chi connectivity index (χ2v) is 9.21. The molecule has 0 saturated carbocycles. The van der Waals surface area contributed by atoms with Crippen molar-refractivity contribution in [3.05, 3.63) is 18.2 Å². The number of rotatable bonds is 5. The van der Waals surface area contributed by atoms with E-state index in [0.717, 1.165) is 5.69 Å². The molecule has 1 aliphatic rings. The summed E-state index contributed by atoms with van der Waals surface area (Å²) in [6.07, 6.45) is 0.0945. The van der Waals surface area contributed by atoms with E-state index < -0.39 is 15.1 Å². The van der Waals surface area contributed by atoms with E-state index in [0.29, 0.717) is 13.1 Å². The van der Waals surface area contributed by atoms with Gasteiger partial charge in [-0.1, -0.05) is 0 Å². The molecule has 8 nitrogen and oxygen atoms in total. The summed E-state index contributed by atoms with van der Waals surface area (Å²) in [5, 5.41) is 20.8. The Bertz CT molecular complexity index is 886. The number of morpholine rings is 1. The third kappa shape index (κ3) is 4.76. The topological polar surface area (TPSA) is 119 Å². The Kier molecular flexibility index (Phi) is 6.42. The van der Waals surface area contributed by atoms with E-state index in [4.69, 9.17) is 15.3 Å². The summed E-state index contributed by atoms with van der Waals surface area (Å²) in [5.74, 6) is 0. The van der Waals surface area contributed by atoms with Crippen molar-refractivity contribution in [1.82, 2.24) is 0 Å². The highest BCUT2D eigenvalue weighted by Crippen LogP contribution is 2.31. The first-order chi connectivity index (χ1) is 12.7. The van der Waals surface area contributed by atoms with Crippen LogP contribution in [0.4, 0.5) is 11.4 Å². The van der Waals surface area contributed by atoms with Gasteiger partial charge in [0.05, 0.1) is 28.0 Å². The van der Waals surface area contributed by atoms with Gasteiger partial charge in [-0.15, -0.1) is 0 Å². The van der Waals surface area contributed by atoms with Crippen LogP contribution < -0.4 is 10.3 Å². The summed E-state index contributed by atoms with van der Waals surface area (Å²) in [6.45, 7) is 8.50. The fourth-order valence-corrected chi connectivity index (χ4v) is 4.06. The molecule has 144 valence electrons. The molecule has 0 bridgehead atoms. The molecule has 1 saturated heterocycles. The number of hydrogen-bond donors (Lipinski definition) is 1. The summed E-state index contributed by atoms with van der Waals surface area (Å²) >= 11 is 0. The van der Waals surface area contributed by atoms with E-state index in [1.807, 2.05) is 13.8 Å². The normalized spacial score (nSPS) is 19.9. The highest BCUT2D eigenvalue weighted by Gasteiger charge is 2.26. The fourth-order valence-electron chi connectivity index (χ4n) is 2.88. The molecule has 1 fully saturated rings. The number of ether oxygens (including phenoxy) is 1. The van der Waals surface area contributed by atoms with Gasteiger partial charge < -0.3 is 9.64 Å². The Balaban J connectivity index is 2.49. The Morgan fingerprint density at radius 3 is 2.37 bits per heavy atom. The van der Waals surface area contributed by atoms with Gasteiger partial charge in [-0.3, -0.25) is 5.43 Å². The van der Waals surface area contributed by atoms with Crippen molar-refractivity contribution in [1.29, 1.82) is 10.5 Å². The number of benzene rings is 1. The van der Waals surface area contributed by atoms with Crippen LogP contribution in [0.25, 0.3) is 0 Å². The lowest BCUT2D eigenvalue weighted by atomic mass is 10.2. The van der Waals surface area contributed by atoms with E-state index in [9.17, 15) is 8.42 Å². The van der Waals surface area contributed by atoms with Crippen molar-refractivity contribution >= 4 is 26.9 Å². The predicted molar refractivity (Wildman–Crippen MR) is 103 cm³/mol. The molecule has 9 heteroatoms. The minimum atomic E-state index is -3.58. The molecule has 0 amide bonds. The highest BCUT2D eigenvalue weighted by molar-refractivity contribution is 7.92. The zero-order chi connectivity index (χ0) is 20.2. The van der Waals surface area contributed by atoms with Crippen LogP contribution in [0.15, 0.2) is 28.2 Å². The monoisotopic (exact) mass is 389 g/mol. The Morgan fingerprint density at radius 1 is 1.26 bits per heavy atom. The second-order valence-electron chi connectivity index (χ2n) is 6.73. The van der Waals surface area contributed by atoms with E-state index in [1.54, 1.807) is 38.1 Å². The van der Waals surface area contributed by atoms with Crippen LogP contribution in [0.3, 0.4) is 0 Å². The van der Waals surface area contributed by atoms with Crippen LogP contribution in [0.5, 0.6) is 0 Å². The molecule has 0 aromatic heterocycles. The third-order valence-corrected chi connectivity index (χ3v) is 6.39. The lowest BCUT2D eigenvalue weighted by molar-refractivity contribution is -0.00521. The Hall–Kier alpha value is -2.62. The number of nitrogens with zero attached hydrogens (tertiary/aromatic N) is 4. The number of nitriles is 2. The third-order valence-electron chi connectivity index (χ3n) is 4.17. The Morgan fingerprint density at radius 2 is 1.85 bits per heavy atom. The quantitative estimate of drug-likeness (QED) is 0.606. The minimum Gasteiger partial charge on any atom is -0.372 e. The molecule has 0 aliphatic carbocycles. The van der Waals surface area contributed by atoms with Crippen LogP contribution in [0, 0.1) is 22.7 Å². The summed E-state index contributed by atoms with van der Waals surface area (Å²) in [5.41, 5.74) is 3.24. The van der Waals surface area contributed by atoms with Crippen molar-refractivity contribution in [3.63, 3.8) is 0 Å². The highest BCUT2D eigenvalue weighted by atomic mass is 32.2. The molecule has 2 unspecified atom stereocenters. The van der Waals surface area contributed by atoms with Crippen LogP contribution >= 0.6 is 0 Å². The summed E-state index contributed by atoms with van der Waals surface area (Å²) in [6, 6.07) is 8.25. The molecule has 2 atom stereocenters. The molecule has 1 aliphatic heterocycles. The minimum absolute atomic E-state index is 0.0473. The van der Waals surface area contributed by atoms with Crippen molar-refractivity contribution in [2.45, 2.75) is 50.0 Å². The fraction of sp³-hybridized carbons (Fsp3) is 0.500. The predicted octanol–water partition coefficient (Wildman–Crippen LogP) is 2.30. The van der Waals surface area contributed by atoms with Crippen molar-refractivity contribution in [2.75, 3.05) is 23.4 Å². The van der Waals surface area contributed by atoms with Gasteiger partial charge in [0.1, 0.15) is 12.1 Å². The smallest absolute Gasteiger partial charge is 0.237 e. The summed E-state index contributed by atoms with van der Waals surface area (Å²) < 4.78 is 31.1. The maximum absolute atomic E-state index is 12.7. The molecule has 0 spiro atoms.